The van der Waals surface area contributed by atoms with Crippen molar-refractivity contribution in [1.82, 2.24) is 10.6 Å². The number of aliphatic carboxylic acids is 1. The van der Waals surface area contributed by atoms with Gasteiger partial charge in [0.05, 0.1) is 6.42 Å². The Hall–Kier alpha value is -1.47. The van der Waals surface area contributed by atoms with Crippen LogP contribution in [-0.2, 0) is 4.79 Å². The maximum atomic E-state index is 11.9. The highest BCUT2D eigenvalue weighted by molar-refractivity contribution is 5.73. The van der Waals surface area contributed by atoms with E-state index in [0.29, 0.717) is 19.4 Å². The smallest absolute Gasteiger partial charge is 0.390 e. The van der Waals surface area contributed by atoms with E-state index >= 15 is 0 Å². The zero-order valence-corrected chi connectivity index (χ0v) is 12.1. The van der Waals surface area contributed by atoms with Gasteiger partial charge in [0, 0.05) is 19.5 Å². The highest BCUT2D eigenvalue weighted by atomic mass is 19.4. The molecule has 0 aromatic carbocycles. The molecule has 0 saturated heterocycles. The van der Waals surface area contributed by atoms with Crippen LogP contribution in [0.2, 0.25) is 0 Å². The lowest BCUT2D eigenvalue weighted by atomic mass is 9.94. The molecule has 0 aromatic heterocycles. The fraction of sp³-hybridized carbons (Fsp3) is 0.846. The van der Waals surface area contributed by atoms with E-state index < -0.39 is 31.1 Å². The zero-order chi connectivity index (χ0) is 16.3. The molecule has 2 amide bonds. The minimum absolute atomic E-state index is 0.0858. The molecule has 3 N–H and O–H groups in total. The van der Waals surface area contributed by atoms with Gasteiger partial charge in [-0.15, -0.1) is 0 Å². The normalized spacial score (nSPS) is 12.8. The monoisotopic (exact) mass is 312 g/mol. The number of rotatable bonds is 10. The number of amides is 2. The Kier molecular flexibility index (Phi) is 9.56. The van der Waals surface area contributed by atoms with Gasteiger partial charge in [0.15, 0.2) is 0 Å². The van der Waals surface area contributed by atoms with E-state index in [2.05, 4.69) is 10.6 Å². The first-order chi connectivity index (χ1) is 9.74. The van der Waals surface area contributed by atoms with E-state index in [0.717, 1.165) is 12.8 Å². The number of alkyl halides is 3. The molecule has 0 aliphatic rings. The van der Waals surface area contributed by atoms with Crippen LogP contribution in [0.4, 0.5) is 18.0 Å². The summed E-state index contributed by atoms with van der Waals surface area (Å²) in [6.07, 6.45) is -2.31. The lowest BCUT2D eigenvalue weighted by Gasteiger charge is -2.15. The highest BCUT2D eigenvalue weighted by Gasteiger charge is 2.26. The van der Waals surface area contributed by atoms with Crippen molar-refractivity contribution in [3.05, 3.63) is 0 Å². The molecule has 0 aromatic rings. The van der Waals surface area contributed by atoms with Crippen LogP contribution in [0.25, 0.3) is 0 Å². The van der Waals surface area contributed by atoms with Crippen LogP contribution in [0.15, 0.2) is 0 Å². The largest absolute Gasteiger partial charge is 0.481 e. The first-order valence-corrected chi connectivity index (χ1v) is 7.04. The average molecular weight is 312 g/mol. The van der Waals surface area contributed by atoms with E-state index in [1.807, 2.05) is 6.92 Å². The summed E-state index contributed by atoms with van der Waals surface area (Å²) < 4.78 is 35.6. The Morgan fingerprint density at radius 3 is 2.24 bits per heavy atom. The van der Waals surface area contributed by atoms with Gasteiger partial charge in [0.25, 0.3) is 0 Å². The average Bonchev–Trinajstić information content (AvgIpc) is 2.34. The summed E-state index contributed by atoms with van der Waals surface area (Å²) in [5.74, 6) is -0.657. The van der Waals surface area contributed by atoms with Crippen molar-refractivity contribution in [2.75, 3.05) is 13.1 Å². The molecule has 21 heavy (non-hydrogen) atoms. The van der Waals surface area contributed by atoms with Gasteiger partial charge in [0.2, 0.25) is 0 Å². The SMILES string of the molecule is CCCC(CCNC(=O)NCCC(F)(F)F)CCC(=O)O. The molecule has 0 aliphatic carbocycles. The summed E-state index contributed by atoms with van der Waals surface area (Å²) >= 11 is 0. The van der Waals surface area contributed by atoms with Crippen LogP contribution >= 0.6 is 0 Å². The molecule has 0 radical (unpaired) electrons. The minimum atomic E-state index is -4.28. The van der Waals surface area contributed by atoms with Crippen LogP contribution in [-0.4, -0.2) is 36.4 Å². The van der Waals surface area contributed by atoms with Gasteiger partial charge >= 0.3 is 18.2 Å². The minimum Gasteiger partial charge on any atom is -0.481 e. The molecule has 0 saturated carbocycles. The quantitative estimate of drug-likeness (QED) is 0.580. The van der Waals surface area contributed by atoms with E-state index in [1.165, 1.54) is 0 Å². The highest BCUT2D eigenvalue weighted by Crippen LogP contribution is 2.18. The second-order valence-electron chi connectivity index (χ2n) is 4.92. The van der Waals surface area contributed by atoms with Gasteiger partial charge in [0.1, 0.15) is 0 Å². The van der Waals surface area contributed by atoms with E-state index in [-0.39, 0.29) is 12.3 Å². The van der Waals surface area contributed by atoms with Gasteiger partial charge < -0.3 is 15.7 Å². The fourth-order valence-electron chi connectivity index (χ4n) is 1.94. The van der Waals surface area contributed by atoms with Crippen molar-refractivity contribution in [2.45, 2.75) is 51.6 Å². The van der Waals surface area contributed by atoms with Gasteiger partial charge in [-0.25, -0.2) is 4.79 Å². The van der Waals surface area contributed by atoms with Crippen LogP contribution in [0.1, 0.15) is 45.4 Å². The standard InChI is InChI=1S/C13H23F3N2O3/c1-2-3-10(4-5-11(19)20)6-8-17-12(21)18-9-7-13(14,15)16/h10H,2-9H2,1H3,(H,19,20)(H2,17,18,21). The second-order valence-corrected chi connectivity index (χ2v) is 4.92. The predicted octanol–water partition coefficient (Wildman–Crippen LogP) is 2.91. The Labute approximate surface area is 122 Å². The molecule has 0 spiro atoms. The third kappa shape index (κ3) is 13.3. The van der Waals surface area contributed by atoms with Crippen molar-refractivity contribution in [1.29, 1.82) is 0 Å². The molecule has 5 nitrogen and oxygen atoms in total. The topological polar surface area (TPSA) is 78.4 Å². The molecular weight excluding hydrogens is 289 g/mol. The van der Waals surface area contributed by atoms with Crippen molar-refractivity contribution in [3.63, 3.8) is 0 Å². The Bertz CT molecular complexity index is 322. The van der Waals surface area contributed by atoms with Crippen LogP contribution in [0, 0.1) is 5.92 Å². The Morgan fingerprint density at radius 1 is 1.10 bits per heavy atom. The fourth-order valence-corrected chi connectivity index (χ4v) is 1.94. The van der Waals surface area contributed by atoms with Gasteiger partial charge in [-0.1, -0.05) is 19.8 Å². The maximum absolute atomic E-state index is 11.9. The second kappa shape index (κ2) is 10.3. The zero-order valence-electron chi connectivity index (χ0n) is 12.1. The lowest BCUT2D eigenvalue weighted by molar-refractivity contribution is -0.137. The Morgan fingerprint density at radius 2 is 1.71 bits per heavy atom. The number of hydrogen-bond acceptors (Lipinski definition) is 2. The molecule has 0 aliphatic heterocycles. The molecule has 0 bridgehead atoms. The number of hydrogen-bond donors (Lipinski definition) is 3. The van der Waals surface area contributed by atoms with Crippen molar-refractivity contribution < 1.29 is 27.9 Å². The Balaban J connectivity index is 3.81. The van der Waals surface area contributed by atoms with Crippen LogP contribution < -0.4 is 10.6 Å². The summed E-state index contributed by atoms with van der Waals surface area (Å²) in [6, 6.07) is -0.632. The maximum Gasteiger partial charge on any atom is 0.390 e. The predicted molar refractivity (Wildman–Crippen MR) is 72.0 cm³/mol. The number of carbonyl (C=O) groups is 2. The number of carboxylic acid groups (broad SMARTS) is 1. The first-order valence-electron chi connectivity index (χ1n) is 7.04. The molecule has 1 atom stereocenters. The van der Waals surface area contributed by atoms with E-state index in [4.69, 9.17) is 5.11 Å². The van der Waals surface area contributed by atoms with Gasteiger partial charge in [-0.05, 0) is 18.8 Å². The molecule has 0 heterocycles. The number of nitrogens with one attached hydrogen (secondary N) is 2. The molecular formula is C13H23F3N2O3. The lowest BCUT2D eigenvalue weighted by Crippen LogP contribution is -2.38. The van der Waals surface area contributed by atoms with Crippen molar-refractivity contribution in [2.24, 2.45) is 5.92 Å². The summed E-state index contributed by atoms with van der Waals surface area (Å²) in [7, 11) is 0. The molecule has 8 heteroatoms. The number of carbonyl (C=O) groups excluding carboxylic acids is 1. The summed E-state index contributed by atoms with van der Waals surface area (Å²) in [6.45, 7) is 1.86. The van der Waals surface area contributed by atoms with Crippen molar-refractivity contribution in [3.8, 4) is 0 Å². The van der Waals surface area contributed by atoms with Gasteiger partial charge in [-0.2, -0.15) is 13.2 Å². The number of carboxylic acids is 1. The molecule has 1 unspecified atom stereocenters. The molecule has 124 valence electrons. The number of halogens is 3. The van der Waals surface area contributed by atoms with Crippen LogP contribution in [0.5, 0.6) is 0 Å². The van der Waals surface area contributed by atoms with E-state index in [1.54, 1.807) is 0 Å². The van der Waals surface area contributed by atoms with Crippen molar-refractivity contribution >= 4 is 12.0 Å². The first kappa shape index (κ1) is 19.5. The third-order valence-electron chi connectivity index (χ3n) is 3.00. The summed E-state index contributed by atoms with van der Waals surface area (Å²) in [4.78, 5) is 21.8. The molecule has 0 rings (SSSR count). The summed E-state index contributed by atoms with van der Waals surface area (Å²) in [5, 5.41) is 13.2. The molecule has 0 fully saturated rings. The number of urea groups is 1. The van der Waals surface area contributed by atoms with E-state index in [9.17, 15) is 22.8 Å². The van der Waals surface area contributed by atoms with Crippen LogP contribution in [0.3, 0.4) is 0 Å². The third-order valence-corrected chi connectivity index (χ3v) is 3.00. The van der Waals surface area contributed by atoms with Gasteiger partial charge in [-0.3, -0.25) is 4.79 Å². The summed E-state index contributed by atoms with van der Waals surface area (Å²) in [5.41, 5.74) is 0.